The average molecular weight is 274 g/mol. The van der Waals surface area contributed by atoms with Crippen molar-refractivity contribution in [3.8, 4) is 5.75 Å². The maximum atomic E-state index is 13.0. The van der Waals surface area contributed by atoms with Crippen molar-refractivity contribution in [3.05, 3.63) is 59.9 Å². The lowest BCUT2D eigenvalue weighted by atomic mass is 10.0. The van der Waals surface area contributed by atoms with Gasteiger partial charge in [0.2, 0.25) is 0 Å². The van der Waals surface area contributed by atoms with Gasteiger partial charge in [-0.3, -0.25) is 0 Å². The highest BCUT2D eigenvalue weighted by molar-refractivity contribution is 5.59. The predicted octanol–water partition coefficient (Wildman–Crippen LogP) is 2.97. The highest BCUT2D eigenvalue weighted by Crippen LogP contribution is 2.32. The van der Waals surface area contributed by atoms with Crippen LogP contribution in [0.25, 0.3) is 0 Å². The van der Waals surface area contributed by atoms with E-state index in [2.05, 4.69) is 0 Å². The Labute approximate surface area is 118 Å². The first kappa shape index (κ1) is 14.3. The minimum atomic E-state index is -0.246. The zero-order chi connectivity index (χ0) is 14.5. The SMILES string of the molecule is COc1ccccc1N(C)C(CN)c1ccc(F)cc1. The molecule has 0 aliphatic heterocycles. The molecule has 2 aromatic carbocycles. The van der Waals surface area contributed by atoms with Crippen molar-refractivity contribution >= 4 is 5.69 Å². The fraction of sp³-hybridized carbons (Fsp3) is 0.250. The number of anilines is 1. The van der Waals surface area contributed by atoms with Gasteiger partial charge in [-0.15, -0.1) is 0 Å². The van der Waals surface area contributed by atoms with Crippen molar-refractivity contribution in [2.75, 3.05) is 25.6 Å². The van der Waals surface area contributed by atoms with Gasteiger partial charge in [0.1, 0.15) is 11.6 Å². The molecule has 0 aromatic heterocycles. The van der Waals surface area contributed by atoms with Crippen molar-refractivity contribution in [2.24, 2.45) is 5.73 Å². The molecule has 0 aliphatic rings. The minimum Gasteiger partial charge on any atom is -0.495 e. The summed E-state index contributed by atoms with van der Waals surface area (Å²) in [5.41, 5.74) is 7.82. The fourth-order valence-corrected chi connectivity index (χ4v) is 2.29. The quantitative estimate of drug-likeness (QED) is 0.911. The topological polar surface area (TPSA) is 38.5 Å². The molecule has 1 unspecified atom stereocenters. The molecule has 0 aliphatic carbocycles. The maximum Gasteiger partial charge on any atom is 0.142 e. The van der Waals surface area contributed by atoms with Crippen LogP contribution in [0.4, 0.5) is 10.1 Å². The van der Waals surface area contributed by atoms with E-state index < -0.39 is 0 Å². The highest BCUT2D eigenvalue weighted by atomic mass is 19.1. The summed E-state index contributed by atoms with van der Waals surface area (Å²) in [5, 5.41) is 0. The molecule has 0 saturated carbocycles. The smallest absolute Gasteiger partial charge is 0.142 e. The molecule has 0 bridgehead atoms. The van der Waals surface area contributed by atoms with Gasteiger partial charge in [-0.2, -0.15) is 0 Å². The Morgan fingerprint density at radius 1 is 1.15 bits per heavy atom. The summed E-state index contributed by atoms with van der Waals surface area (Å²) in [5.74, 6) is 0.542. The second-order valence-corrected chi connectivity index (χ2v) is 4.59. The zero-order valence-electron chi connectivity index (χ0n) is 11.7. The van der Waals surface area contributed by atoms with E-state index in [1.165, 1.54) is 12.1 Å². The standard InChI is InChI=1S/C16H19FN2O/c1-19(14-5-3-4-6-16(14)20-2)15(11-18)12-7-9-13(17)10-8-12/h3-10,15H,11,18H2,1-2H3. The van der Waals surface area contributed by atoms with Gasteiger partial charge in [-0.25, -0.2) is 4.39 Å². The molecule has 2 rings (SSSR count). The highest BCUT2D eigenvalue weighted by Gasteiger charge is 2.18. The number of likely N-dealkylation sites (N-methyl/N-ethyl adjacent to an activating group) is 1. The number of nitrogens with zero attached hydrogens (tertiary/aromatic N) is 1. The van der Waals surface area contributed by atoms with Crippen LogP contribution >= 0.6 is 0 Å². The number of nitrogens with two attached hydrogens (primary N) is 1. The molecule has 4 heteroatoms. The largest absolute Gasteiger partial charge is 0.495 e. The molecule has 0 saturated heterocycles. The van der Waals surface area contributed by atoms with Crippen molar-refractivity contribution < 1.29 is 9.13 Å². The third-order valence-corrected chi connectivity index (χ3v) is 3.41. The van der Waals surface area contributed by atoms with Crippen LogP contribution in [0, 0.1) is 5.82 Å². The minimum absolute atomic E-state index is 0.0353. The van der Waals surface area contributed by atoms with E-state index in [-0.39, 0.29) is 11.9 Å². The molecule has 1 atom stereocenters. The lowest BCUT2D eigenvalue weighted by Gasteiger charge is -2.30. The van der Waals surface area contributed by atoms with Gasteiger partial charge in [-0.05, 0) is 29.8 Å². The third-order valence-electron chi connectivity index (χ3n) is 3.41. The second kappa shape index (κ2) is 6.39. The number of hydrogen-bond donors (Lipinski definition) is 1. The Balaban J connectivity index is 2.33. The van der Waals surface area contributed by atoms with E-state index in [4.69, 9.17) is 10.5 Å². The van der Waals surface area contributed by atoms with Crippen LogP contribution in [0.3, 0.4) is 0 Å². The normalized spacial score (nSPS) is 12.0. The molecule has 106 valence electrons. The molecular formula is C16H19FN2O. The van der Waals surface area contributed by atoms with Gasteiger partial charge in [0.05, 0.1) is 18.8 Å². The molecule has 0 spiro atoms. The van der Waals surface area contributed by atoms with Crippen LogP contribution in [-0.2, 0) is 0 Å². The summed E-state index contributed by atoms with van der Waals surface area (Å²) >= 11 is 0. The molecule has 0 amide bonds. The number of benzene rings is 2. The molecule has 20 heavy (non-hydrogen) atoms. The Kier molecular flexibility index (Phi) is 4.58. The first-order valence-electron chi connectivity index (χ1n) is 6.48. The van der Waals surface area contributed by atoms with Crippen molar-refractivity contribution in [1.29, 1.82) is 0 Å². The van der Waals surface area contributed by atoms with Gasteiger partial charge >= 0.3 is 0 Å². The summed E-state index contributed by atoms with van der Waals surface area (Å²) in [6.45, 7) is 0.431. The summed E-state index contributed by atoms with van der Waals surface area (Å²) in [7, 11) is 3.60. The Morgan fingerprint density at radius 2 is 1.80 bits per heavy atom. The van der Waals surface area contributed by atoms with Crippen LogP contribution in [-0.4, -0.2) is 20.7 Å². The van der Waals surface area contributed by atoms with Crippen molar-refractivity contribution in [2.45, 2.75) is 6.04 Å². The van der Waals surface area contributed by atoms with Crippen molar-refractivity contribution in [1.82, 2.24) is 0 Å². The van der Waals surface area contributed by atoms with Crippen molar-refractivity contribution in [3.63, 3.8) is 0 Å². The number of methoxy groups -OCH3 is 1. The van der Waals surface area contributed by atoms with Gasteiger partial charge in [0, 0.05) is 13.6 Å². The Bertz CT molecular complexity index is 557. The fourth-order valence-electron chi connectivity index (χ4n) is 2.29. The van der Waals surface area contributed by atoms with Gasteiger partial charge in [-0.1, -0.05) is 24.3 Å². The molecule has 0 radical (unpaired) electrons. The van der Waals surface area contributed by atoms with Crippen LogP contribution in [0.1, 0.15) is 11.6 Å². The average Bonchev–Trinajstić information content (AvgIpc) is 2.49. The summed E-state index contributed by atoms with van der Waals surface area (Å²) in [4.78, 5) is 2.05. The van der Waals surface area contributed by atoms with E-state index in [0.29, 0.717) is 6.54 Å². The van der Waals surface area contributed by atoms with Crippen LogP contribution < -0.4 is 15.4 Å². The van der Waals surface area contributed by atoms with Gasteiger partial charge in [0.15, 0.2) is 0 Å². The number of halogens is 1. The molecule has 2 N–H and O–H groups in total. The summed E-state index contributed by atoms with van der Waals surface area (Å²) in [6, 6.07) is 14.2. The Hall–Kier alpha value is -2.07. The van der Waals surface area contributed by atoms with E-state index in [1.54, 1.807) is 19.2 Å². The lowest BCUT2D eigenvalue weighted by Crippen LogP contribution is -2.30. The molecule has 0 heterocycles. The predicted molar refractivity (Wildman–Crippen MR) is 79.6 cm³/mol. The number of para-hydroxylation sites is 2. The Morgan fingerprint density at radius 3 is 2.40 bits per heavy atom. The molecular weight excluding hydrogens is 255 g/mol. The zero-order valence-corrected chi connectivity index (χ0v) is 11.7. The maximum absolute atomic E-state index is 13.0. The summed E-state index contributed by atoms with van der Waals surface area (Å²) in [6.07, 6.45) is 0. The number of hydrogen-bond acceptors (Lipinski definition) is 3. The first-order valence-corrected chi connectivity index (χ1v) is 6.48. The van der Waals surface area contributed by atoms with E-state index in [9.17, 15) is 4.39 Å². The van der Waals surface area contributed by atoms with Gasteiger partial charge < -0.3 is 15.4 Å². The second-order valence-electron chi connectivity index (χ2n) is 4.59. The third kappa shape index (κ3) is 2.91. The number of ether oxygens (including phenoxy) is 1. The first-order chi connectivity index (χ1) is 9.67. The lowest BCUT2D eigenvalue weighted by molar-refractivity contribution is 0.413. The van der Waals surface area contributed by atoms with E-state index >= 15 is 0 Å². The molecule has 2 aromatic rings. The van der Waals surface area contributed by atoms with Crippen LogP contribution in [0.5, 0.6) is 5.75 Å². The van der Waals surface area contributed by atoms with Crippen LogP contribution in [0.2, 0.25) is 0 Å². The summed E-state index contributed by atoms with van der Waals surface area (Å²) < 4.78 is 18.4. The number of rotatable bonds is 5. The van der Waals surface area contributed by atoms with E-state index in [1.807, 2.05) is 36.2 Å². The molecule has 0 fully saturated rings. The van der Waals surface area contributed by atoms with Gasteiger partial charge in [0.25, 0.3) is 0 Å². The van der Waals surface area contributed by atoms with Crippen LogP contribution in [0.15, 0.2) is 48.5 Å². The molecule has 3 nitrogen and oxygen atoms in total. The van der Waals surface area contributed by atoms with E-state index in [0.717, 1.165) is 17.0 Å². The monoisotopic (exact) mass is 274 g/mol.